The fourth-order valence-corrected chi connectivity index (χ4v) is 7.45. The van der Waals surface area contributed by atoms with E-state index in [9.17, 15) is 15.3 Å². The lowest BCUT2D eigenvalue weighted by Gasteiger charge is -2.54. The molecule has 5 nitrogen and oxygen atoms in total. The molecule has 158 valence electrons. The molecule has 1 heterocycles. The lowest BCUT2D eigenvalue weighted by atomic mass is 9.52. The Labute approximate surface area is 168 Å². The Bertz CT molecular complexity index is 649. The van der Waals surface area contributed by atoms with Gasteiger partial charge in [0.1, 0.15) is 11.4 Å². The monoisotopic (exact) mass is 391 g/mol. The van der Waals surface area contributed by atoms with Crippen molar-refractivity contribution in [2.24, 2.45) is 40.7 Å². The van der Waals surface area contributed by atoms with Gasteiger partial charge in [0.2, 0.25) is 0 Å². The van der Waals surface area contributed by atoms with Crippen LogP contribution in [-0.2, 0) is 5.60 Å². The van der Waals surface area contributed by atoms with Crippen molar-refractivity contribution in [2.75, 3.05) is 13.2 Å². The minimum absolute atomic E-state index is 0.188. The third-order valence-corrected chi connectivity index (χ3v) is 8.91. The highest BCUT2D eigenvalue weighted by atomic mass is 16.4. The summed E-state index contributed by atoms with van der Waals surface area (Å²) in [5.41, 5.74) is 5.24. The highest BCUT2D eigenvalue weighted by molar-refractivity contribution is 5.21. The average Bonchev–Trinajstić information content (AvgIpc) is 3.30. The molecule has 0 saturated heterocycles. The van der Waals surface area contributed by atoms with E-state index in [1.54, 1.807) is 6.26 Å². The smallest absolute Gasteiger partial charge is 0.135 e. The van der Waals surface area contributed by atoms with Gasteiger partial charge in [-0.3, -0.25) is 0 Å². The maximum atomic E-state index is 11.7. The first-order valence-corrected chi connectivity index (χ1v) is 11.2. The predicted molar refractivity (Wildman–Crippen MR) is 107 cm³/mol. The van der Waals surface area contributed by atoms with Gasteiger partial charge in [0.25, 0.3) is 0 Å². The molecule has 0 aromatic carbocycles. The van der Waals surface area contributed by atoms with Crippen LogP contribution in [-0.4, -0.2) is 34.6 Å². The summed E-state index contributed by atoms with van der Waals surface area (Å²) in [4.78, 5) is 0. The Kier molecular flexibility index (Phi) is 5.64. The summed E-state index contributed by atoms with van der Waals surface area (Å²) in [6.45, 7) is 3.07. The van der Waals surface area contributed by atoms with Crippen molar-refractivity contribution in [2.45, 2.75) is 70.0 Å². The first-order valence-electron chi connectivity index (χ1n) is 11.2. The zero-order valence-electron chi connectivity index (χ0n) is 17.1. The van der Waals surface area contributed by atoms with Crippen molar-refractivity contribution < 1.29 is 19.7 Å². The molecule has 3 saturated carbocycles. The van der Waals surface area contributed by atoms with E-state index in [0.29, 0.717) is 41.9 Å². The Hall–Kier alpha value is -0.880. The normalized spacial score (nSPS) is 46.5. The van der Waals surface area contributed by atoms with Gasteiger partial charge < -0.3 is 25.5 Å². The van der Waals surface area contributed by atoms with Crippen molar-refractivity contribution in [1.82, 2.24) is 0 Å². The summed E-state index contributed by atoms with van der Waals surface area (Å²) in [6, 6.07) is 3.78. The molecule has 0 amide bonds. The summed E-state index contributed by atoms with van der Waals surface area (Å²) in [5.74, 6) is 2.88. The zero-order chi connectivity index (χ0) is 19.9. The maximum Gasteiger partial charge on any atom is 0.135 e. The predicted octanol–water partition coefficient (Wildman–Crippen LogP) is 3.03. The number of aliphatic hydroxyl groups is 3. The fourth-order valence-electron chi connectivity index (χ4n) is 7.45. The lowest BCUT2D eigenvalue weighted by Crippen LogP contribution is -2.52. The average molecular weight is 392 g/mol. The van der Waals surface area contributed by atoms with Crippen LogP contribution in [0.5, 0.6) is 0 Å². The van der Waals surface area contributed by atoms with E-state index >= 15 is 0 Å². The minimum Gasteiger partial charge on any atom is -0.466 e. The van der Waals surface area contributed by atoms with Gasteiger partial charge in [0.15, 0.2) is 0 Å². The van der Waals surface area contributed by atoms with Crippen LogP contribution in [0, 0.1) is 35.0 Å². The molecule has 1 aromatic rings. The Morgan fingerprint density at radius 2 is 2.00 bits per heavy atom. The van der Waals surface area contributed by atoms with Crippen molar-refractivity contribution >= 4 is 0 Å². The number of fused-ring (bicyclic) bond motifs is 1. The third kappa shape index (κ3) is 3.06. The molecule has 0 aliphatic heterocycles. The Morgan fingerprint density at radius 1 is 1.18 bits per heavy atom. The molecule has 5 heteroatoms. The maximum absolute atomic E-state index is 11.7. The van der Waals surface area contributed by atoms with E-state index in [1.807, 2.05) is 12.1 Å². The second-order valence-corrected chi connectivity index (χ2v) is 9.91. The van der Waals surface area contributed by atoms with Crippen LogP contribution in [0.1, 0.15) is 64.1 Å². The number of hydrogen-bond acceptors (Lipinski definition) is 5. The number of aliphatic hydroxyl groups excluding tert-OH is 2. The molecule has 0 radical (unpaired) electrons. The molecule has 0 bridgehead atoms. The molecule has 5 N–H and O–H groups in total. The first kappa shape index (κ1) is 20.4. The Balaban J connectivity index is 1.60. The van der Waals surface area contributed by atoms with E-state index in [2.05, 4.69) is 6.92 Å². The summed E-state index contributed by atoms with van der Waals surface area (Å²) in [5, 5.41) is 31.4. The van der Waals surface area contributed by atoms with Gasteiger partial charge in [-0.25, -0.2) is 0 Å². The van der Waals surface area contributed by atoms with Gasteiger partial charge in [-0.2, -0.15) is 0 Å². The highest BCUT2D eigenvalue weighted by Crippen LogP contribution is 2.65. The number of furan rings is 1. The van der Waals surface area contributed by atoms with Crippen molar-refractivity contribution in [3.8, 4) is 0 Å². The molecule has 3 aliphatic carbocycles. The number of nitrogens with two attached hydrogens (primary N) is 1. The van der Waals surface area contributed by atoms with Crippen molar-refractivity contribution in [1.29, 1.82) is 0 Å². The van der Waals surface area contributed by atoms with Crippen LogP contribution in [0.2, 0.25) is 0 Å². The molecule has 3 fully saturated rings. The zero-order valence-corrected chi connectivity index (χ0v) is 17.1. The third-order valence-electron chi connectivity index (χ3n) is 8.91. The molecule has 0 unspecified atom stereocenters. The van der Waals surface area contributed by atoms with Crippen LogP contribution in [0.15, 0.2) is 22.8 Å². The molecule has 8 atom stereocenters. The minimum atomic E-state index is -0.910. The first-order chi connectivity index (χ1) is 13.4. The van der Waals surface area contributed by atoms with Crippen LogP contribution < -0.4 is 5.73 Å². The quantitative estimate of drug-likeness (QED) is 0.618. The summed E-state index contributed by atoms with van der Waals surface area (Å²) >= 11 is 0. The molecule has 0 spiro atoms. The standard InChI is InChI=1S/C23H37NO4/c1-22-9-6-18(17-5-4-16(26)13-15(17)8-11-25)19(14-24)20(22)7-10-23(22,27)21-3-2-12-28-21/h2-3,12,15-20,25-27H,4-11,13-14,24H2,1H3/t15-,16-,17+,18-,19+,20-,22-,23+/m0/s1. The molecule has 4 rings (SSSR count). The van der Waals surface area contributed by atoms with E-state index in [1.165, 1.54) is 0 Å². The van der Waals surface area contributed by atoms with E-state index in [-0.39, 0.29) is 18.1 Å². The van der Waals surface area contributed by atoms with Gasteiger partial charge in [-0.05, 0) is 99.6 Å². The van der Waals surface area contributed by atoms with Crippen molar-refractivity contribution in [3.05, 3.63) is 24.2 Å². The molecular formula is C23H37NO4. The van der Waals surface area contributed by atoms with Crippen LogP contribution in [0.25, 0.3) is 0 Å². The van der Waals surface area contributed by atoms with Crippen LogP contribution >= 0.6 is 0 Å². The van der Waals surface area contributed by atoms with Gasteiger partial charge in [-0.1, -0.05) is 6.92 Å². The summed E-state index contributed by atoms with van der Waals surface area (Å²) in [7, 11) is 0. The second-order valence-electron chi connectivity index (χ2n) is 9.91. The molecular weight excluding hydrogens is 354 g/mol. The van der Waals surface area contributed by atoms with E-state index in [4.69, 9.17) is 10.2 Å². The molecule has 1 aromatic heterocycles. The van der Waals surface area contributed by atoms with E-state index < -0.39 is 5.60 Å². The topological polar surface area (TPSA) is 99.9 Å². The summed E-state index contributed by atoms with van der Waals surface area (Å²) < 4.78 is 5.67. The molecule has 28 heavy (non-hydrogen) atoms. The fraction of sp³-hybridized carbons (Fsp3) is 0.826. The van der Waals surface area contributed by atoms with Crippen LogP contribution in [0.3, 0.4) is 0 Å². The number of rotatable bonds is 5. The molecule has 3 aliphatic rings. The van der Waals surface area contributed by atoms with Gasteiger partial charge in [0.05, 0.1) is 12.4 Å². The van der Waals surface area contributed by atoms with Crippen LogP contribution in [0.4, 0.5) is 0 Å². The number of hydrogen-bond donors (Lipinski definition) is 4. The van der Waals surface area contributed by atoms with Gasteiger partial charge in [0, 0.05) is 12.0 Å². The second kappa shape index (κ2) is 7.75. The summed E-state index contributed by atoms with van der Waals surface area (Å²) in [6.07, 6.45) is 8.63. The SMILES string of the molecule is C[C@]12CC[C@@H]([C@@H]3CC[C@H](O)C[C@@H]3CCO)[C@@H](CN)[C@@H]1CC[C@@]2(O)c1ccco1. The van der Waals surface area contributed by atoms with Crippen molar-refractivity contribution in [3.63, 3.8) is 0 Å². The largest absolute Gasteiger partial charge is 0.466 e. The highest BCUT2D eigenvalue weighted by Gasteiger charge is 2.63. The van der Waals surface area contributed by atoms with Gasteiger partial charge in [-0.15, -0.1) is 0 Å². The van der Waals surface area contributed by atoms with E-state index in [0.717, 1.165) is 51.4 Å². The van der Waals surface area contributed by atoms with Gasteiger partial charge >= 0.3 is 0 Å². The lowest BCUT2D eigenvalue weighted by molar-refractivity contribution is -0.134. The Morgan fingerprint density at radius 3 is 2.68 bits per heavy atom.